The lowest BCUT2D eigenvalue weighted by Crippen LogP contribution is -2.27. The van der Waals surface area contributed by atoms with Gasteiger partial charge in [-0.1, -0.05) is 66.2 Å². The van der Waals surface area contributed by atoms with Crippen LogP contribution in [0.5, 0.6) is 0 Å². The Morgan fingerprint density at radius 3 is 2.49 bits per heavy atom. The van der Waals surface area contributed by atoms with Gasteiger partial charge in [0.15, 0.2) is 0 Å². The minimum Gasteiger partial charge on any atom is -0.356 e. The van der Waals surface area contributed by atoms with Crippen LogP contribution in [0.1, 0.15) is 34.7 Å². The van der Waals surface area contributed by atoms with E-state index < -0.39 is 10.8 Å². The first-order valence-corrected chi connectivity index (χ1v) is 13.1. The molecule has 2 aromatic heterocycles. The zero-order valence-corrected chi connectivity index (χ0v) is 21.9. The van der Waals surface area contributed by atoms with E-state index in [1.165, 1.54) is 6.07 Å². The molecule has 0 unspecified atom stereocenters. The van der Waals surface area contributed by atoms with Gasteiger partial charge in [-0.05, 0) is 41.0 Å². The van der Waals surface area contributed by atoms with Crippen LogP contribution in [0.25, 0.3) is 10.9 Å². The minimum absolute atomic E-state index is 0.000989. The van der Waals surface area contributed by atoms with Crippen molar-refractivity contribution in [2.45, 2.75) is 25.3 Å². The number of nitrogens with zero attached hydrogens (tertiary/aromatic N) is 3. The van der Waals surface area contributed by atoms with Gasteiger partial charge in [0.1, 0.15) is 0 Å². The van der Waals surface area contributed by atoms with Crippen molar-refractivity contribution < 1.29 is 9.72 Å². The maximum atomic E-state index is 13.2. The fourth-order valence-corrected chi connectivity index (χ4v) is 5.16. The van der Waals surface area contributed by atoms with Crippen molar-refractivity contribution in [3.63, 3.8) is 0 Å². The largest absolute Gasteiger partial charge is 0.356 e. The van der Waals surface area contributed by atoms with E-state index in [1.807, 2.05) is 72.9 Å². The molecule has 0 aliphatic heterocycles. The van der Waals surface area contributed by atoms with Crippen LogP contribution in [-0.4, -0.2) is 26.9 Å². The number of hydrogen-bond acceptors (Lipinski definition) is 4. The maximum absolute atomic E-state index is 13.2. The molecule has 0 saturated heterocycles. The molecule has 0 aliphatic rings. The third-order valence-corrected chi connectivity index (χ3v) is 7.12. The minimum atomic E-state index is -0.407. The van der Waals surface area contributed by atoms with Crippen LogP contribution < -0.4 is 5.32 Å². The Bertz CT molecular complexity index is 1600. The average molecular weight is 539 g/mol. The lowest BCUT2D eigenvalue weighted by atomic mass is 9.87. The van der Waals surface area contributed by atoms with Crippen molar-refractivity contribution in [2.24, 2.45) is 0 Å². The highest BCUT2D eigenvalue weighted by Gasteiger charge is 2.25. The quantitative estimate of drug-likeness (QED) is 0.162. The Morgan fingerprint density at radius 1 is 0.974 bits per heavy atom. The Balaban J connectivity index is 1.52. The number of hydrogen-bond donors (Lipinski definition) is 1. The van der Waals surface area contributed by atoms with Gasteiger partial charge in [0.2, 0.25) is 5.91 Å². The van der Waals surface area contributed by atoms with E-state index in [2.05, 4.69) is 14.9 Å². The van der Waals surface area contributed by atoms with E-state index >= 15 is 0 Å². The molecule has 39 heavy (non-hydrogen) atoms. The molecule has 0 radical (unpaired) electrons. The predicted molar refractivity (Wildman–Crippen MR) is 153 cm³/mol. The van der Waals surface area contributed by atoms with Gasteiger partial charge < -0.3 is 9.88 Å². The number of carbonyl (C=O) groups is 1. The highest BCUT2D eigenvalue weighted by Crippen LogP contribution is 2.39. The number of halogens is 1. The van der Waals surface area contributed by atoms with Crippen molar-refractivity contribution in [3.05, 3.63) is 141 Å². The van der Waals surface area contributed by atoms with Crippen LogP contribution >= 0.6 is 11.6 Å². The number of non-ortho nitro benzene ring substituents is 1. The summed E-state index contributed by atoms with van der Waals surface area (Å²) < 4.78 is 2.08. The lowest BCUT2D eigenvalue weighted by Gasteiger charge is -2.18. The molecule has 0 fully saturated rings. The van der Waals surface area contributed by atoms with Gasteiger partial charge >= 0.3 is 0 Å². The molecule has 0 saturated carbocycles. The molecule has 5 aromatic rings. The number of aromatic nitrogens is 2. The Labute approximate surface area is 231 Å². The highest BCUT2D eigenvalue weighted by atomic mass is 35.5. The van der Waals surface area contributed by atoms with Crippen molar-refractivity contribution in [3.8, 4) is 0 Å². The molecule has 2 heterocycles. The Hall–Kier alpha value is -4.49. The first-order chi connectivity index (χ1) is 19.0. The SMILES string of the molecule is O=C(C[C@@H](c1ccccc1Cl)c1cn(Cc2ccccc2)c2ccc([N+](=O)[O-])cc12)NCCc1ccccn1. The number of fused-ring (bicyclic) bond motifs is 1. The summed E-state index contributed by atoms with van der Waals surface area (Å²) in [4.78, 5) is 28.8. The summed E-state index contributed by atoms with van der Waals surface area (Å²) in [5.74, 6) is -0.541. The molecule has 1 atom stereocenters. The van der Waals surface area contributed by atoms with Gasteiger partial charge in [0, 0.05) is 78.0 Å². The van der Waals surface area contributed by atoms with Gasteiger partial charge in [-0.2, -0.15) is 0 Å². The Kier molecular flexibility index (Phi) is 7.99. The van der Waals surface area contributed by atoms with E-state index in [-0.39, 0.29) is 18.0 Å². The van der Waals surface area contributed by atoms with Gasteiger partial charge in [-0.25, -0.2) is 0 Å². The lowest BCUT2D eigenvalue weighted by molar-refractivity contribution is -0.384. The second-order valence-corrected chi connectivity index (χ2v) is 9.76. The van der Waals surface area contributed by atoms with Crippen LogP contribution in [0, 0.1) is 10.1 Å². The van der Waals surface area contributed by atoms with Crippen molar-refractivity contribution in [2.75, 3.05) is 6.54 Å². The molecule has 0 aliphatic carbocycles. The number of benzene rings is 3. The number of pyridine rings is 1. The zero-order valence-electron chi connectivity index (χ0n) is 21.2. The molecule has 1 amide bonds. The van der Waals surface area contributed by atoms with Crippen LogP contribution in [0.15, 0.2) is 103 Å². The number of nitro benzene ring substituents is 1. The second-order valence-electron chi connectivity index (χ2n) is 9.36. The molecule has 0 spiro atoms. The van der Waals surface area contributed by atoms with E-state index in [1.54, 1.807) is 24.4 Å². The predicted octanol–water partition coefficient (Wildman–Crippen LogP) is 6.53. The van der Waals surface area contributed by atoms with Crippen LogP contribution in [0.4, 0.5) is 5.69 Å². The molecular weight excluding hydrogens is 512 g/mol. The number of amides is 1. The van der Waals surface area contributed by atoms with Gasteiger partial charge in [-0.3, -0.25) is 19.9 Å². The summed E-state index contributed by atoms with van der Waals surface area (Å²) in [5.41, 5.74) is 4.46. The highest BCUT2D eigenvalue weighted by molar-refractivity contribution is 6.31. The maximum Gasteiger partial charge on any atom is 0.270 e. The second kappa shape index (κ2) is 11.9. The summed E-state index contributed by atoms with van der Waals surface area (Å²) in [6.45, 7) is 1.03. The number of carbonyl (C=O) groups excluding carboxylic acids is 1. The smallest absolute Gasteiger partial charge is 0.270 e. The van der Waals surface area contributed by atoms with E-state index in [9.17, 15) is 14.9 Å². The molecule has 8 heteroatoms. The summed E-state index contributed by atoms with van der Waals surface area (Å²) in [6, 6.07) is 28.0. The van der Waals surface area contributed by atoms with E-state index in [0.29, 0.717) is 24.5 Å². The fourth-order valence-electron chi connectivity index (χ4n) is 4.89. The number of rotatable bonds is 10. The monoisotopic (exact) mass is 538 g/mol. The molecule has 0 bridgehead atoms. The molecular formula is C31H27ClN4O3. The van der Waals surface area contributed by atoms with Crippen molar-refractivity contribution in [1.82, 2.24) is 14.9 Å². The normalized spacial score (nSPS) is 11.8. The zero-order chi connectivity index (χ0) is 27.2. The van der Waals surface area contributed by atoms with Gasteiger partial charge in [0.05, 0.1) is 4.92 Å². The van der Waals surface area contributed by atoms with E-state index in [4.69, 9.17) is 11.6 Å². The fraction of sp³-hybridized carbons (Fsp3) is 0.161. The summed E-state index contributed by atoms with van der Waals surface area (Å²) in [6.07, 6.45) is 4.48. The van der Waals surface area contributed by atoms with Gasteiger partial charge in [0.25, 0.3) is 5.69 Å². The molecule has 7 nitrogen and oxygen atoms in total. The average Bonchev–Trinajstić information content (AvgIpc) is 3.30. The van der Waals surface area contributed by atoms with Gasteiger partial charge in [-0.15, -0.1) is 0 Å². The van der Waals surface area contributed by atoms with Crippen LogP contribution in [0.3, 0.4) is 0 Å². The third-order valence-electron chi connectivity index (χ3n) is 6.78. The summed E-state index contributed by atoms with van der Waals surface area (Å²) >= 11 is 6.65. The van der Waals surface area contributed by atoms with Crippen molar-refractivity contribution >= 4 is 34.1 Å². The molecule has 5 rings (SSSR count). The Morgan fingerprint density at radius 2 is 1.74 bits per heavy atom. The van der Waals surface area contributed by atoms with Crippen LogP contribution in [-0.2, 0) is 17.8 Å². The third kappa shape index (κ3) is 6.16. The van der Waals surface area contributed by atoms with E-state index in [0.717, 1.165) is 33.3 Å². The first kappa shape index (κ1) is 26.1. The first-order valence-electron chi connectivity index (χ1n) is 12.7. The summed E-state index contributed by atoms with van der Waals surface area (Å²) in [5, 5.41) is 15.9. The molecule has 196 valence electrons. The molecule has 3 aromatic carbocycles. The standard InChI is InChI=1S/C31H27ClN4O3/c32-29-12-5-4-11-25(29)26(19-31(37)34-17-15-23-10-6-7-16-33-23)28-21-35(20-22-8-2-1-3-9-22)30-14-13-24(36(38)39)18-27(28)30/h1-14,16,18,21,26H,15,17,19-20H2,(H,34,37)/t26-/m0/s1. The molecule has 1 N–H and O–H groups in total. The topological polar surface area (TPSA) is 90.1 Å². The summed E-state index contributed by atoms with van der Waals surface area (Å²) in [7, 11) is 0. The van der Waals surface area contributed by atoms with Crippen molar-refractivity contribution in [1.29, 1.82) is 0 Å². The number of nitro groups is 1. The van der Waals surface area contributed by atoms with Crippen LogP contribution in [0.2, 0.25) is 5.02 Å². The number of nitrogens with one attached hydrogen (secondary N) is 1.